The maximum Gasteiger partial charge on any atom is 0.335 e. The van der Waals surface area contributed by atoms with Gasteiger partial charge in [0.15, 0.2) is 0 Å². The number of hydrazone groups is 1. The number of hydrogen-bond donors (Lipinski definition) is 3. The highest BCUT2D eigenvalue weighted by Gasteiger charge is 2.07. The molecule has 1 unspecified atom stereocenters. The summed E-state index contributed by atoms with van der Waals surface area (Å²) in [6.07, 6.45) is 2.11. The first-order valence-electron chi connectivity index (χ1n) is 5.62. The molecule has 6 heteroatoms. The number of carbonyl (C=O) groups is 1. The molecule has 0 aliphatic rings. The van der Waals surface area contributed by atoms with E-state index >= 15 is 0 Å². The third-order valence-electron chi connectivity index (χ3n) is 2.32. The summed E-state index contributed by atoms with van der Waals surface area (Å²) in [5.74, 6) is 0. The van der Waals surface area contributed by atoms with Crippen LogP contribution in [0.5, 0.6) is 0 Å². The van der Waals surface area contributed by atoms with Gasteiger partial charge >= 0.3 is 6.03 Å². The van der Waals surface area contributed by atoms with Crippen molar-refractivity contribution in [3.63, 3.8) is 0 Å². The average molecular weight is 270 g/mol. The molecule has 0 heterocycles. The lowest BCUT2D eigenvalue weighted by Gasteiger charge is -2.12. The molecule has 0 saturated carbocycles. The summed E-state index contributed by atoms with van der Waals surface area (Å²) in [5, 5.41) is 15.8. The Hall–Kier alpha value is -1.59. The van der Waals surface area contributed by atoms with Crippen molar-refractivity contribution < 1.29 is 9.90 Å². The predicted molar refractivity (Wildman–Crippen MR) is 71.9 cm³/mol. The van der Waals surface area contributed by atoms with Crippen molar-refractivity contribution in [3.05, 3.63) is 34.9 Å². The highest BCUT2D eigenvalue weighted by molar-refractivity contribution is 6.33. The van der Waals surface area contributed by atoms with Gasteiger partial charge in [0.25, 0.3) is 0 Å². The number of aliphatic hydroxyl groups is 1. The molecular formula is C12H16ClN3O2. The molecule has 0 aromatic heterocycles. The minimum atomic E-state index is -0.459. The molecule has 0 aliphatic heterocycles. The molecule has 1 aromatic rings. The average Bonchev–Trinajstić information content (AvgIpc) is 2.38. The summed E-state index contributed by atoms with van der Waals surface area (Å²) in [7, 11) is 0. The van der Waals surface area contributed by atoms with Gasteiger partial charge in [-0.15, -0.1) is 0 Å². The number of halogens is 1. The number of aliphatic hydroxyl groups excluding tert-OH is 1. The molecule has 0 bridgehead atoms. The summed E-state index contributed by atoms with van der Waals surface area (Å²) >= 11 is 5.92. The van der Waals surface area contributed by atoms with E-state index in [4.69, 9.17) is 16.7 Å². The van der Waals surface area contributed by atoms with E-state index in [9.17, 15) is 4.79 Å². The Labute approximate surface area is 111 Å². The third-order valence-corrected chi connectivity index (χ3v) is 2.67. The first-order valence-corrected chi connectivity index (χ1v) is 6.00. The summed E-state index contributed by atoms with van der Waals surface area (Å²) in [5.41, 5.74) is 3.02. The topological polar surface area (TPSA) is 73.7 Å². The number of hydrogen-bond acceptors (Lipinski definition) is 3. The van der Waals surface area contributed by atoms with E-state index in [1.165, 1.54) is 6.21 Å². The molecule has 98 valence electrons. The van der Waals surface area contributed by atoms with Gasteiger partial charge in [0.1, 0.15) is 0 Å². The summed E-state index contributed by atoms with van der Waals surface area (Å²) in [6.45, 7) is 1.77. The second-order valence-corrected chi connectivity index (χ2v) is 4.06. The minimum absolute atomic E-state index is 0.0991. The molecule has 2 amide bonds. The van der Waals surface area contributed by atoms with E-state index in [1.807, 2.05) is 19.1 Å². The summed E-state index contributed by atoms with van der Waals surface area (Å²) in [4.78, 5) is 11.4. The molecule has 0 radical (unpaired) electrons. The fraction of sp³-hybridized carbons (Fsp3) is 0.333. The first kappa shape index (κ1) is 14.5. The van der Waals surface area contributed by atoms with E-state index in [0.29, 0.717) is 17.0 Å². The monoisotopic (exact) mass is 269 g/mol. The fourth-order valence-corrected chi connectivity index (χ4v) is 1.42. The largest absolute Gasteiger partial charge is 0.394 e. The Kier molecular flexibility index (Phi) is 6.18. The molecule has 18 heavy (non-hydrogen) atoms. The molecule has 5 nitrogen and oxygen atoms in total. The van der Waals surface area contributed by atoms with E-state index < -0.39 is 6.03 Å². The van der Waals surface area contributed by atoms with E-state index in [2.05, 4.69) is 15.8 Å². The van der Waals surface area contributed by atoms with Crippen LogP contribution in [0.25, 0.3) is 0 Å². The van der Waals surface area contributed by atoms with Gasteiger partial charge in [-0.2, -0.15) is 5.10 Å². The second kappa shape index (κ2) is 7.68. The van der Waals surface area contributed by atoms with E-state index in [-0.39, 0.29) is 12.6 Å². The number of amides is 2. The number of nitrogens with one attached hydrogen (secondary N) is 2. The van der Waals surface area contributed by atoms with Crippen molar-refractivity contribution in [3.8, 4) is 0 Å². The molecule has 1 aromatic carbocycles. The first-order chi connectivity index (χ1) is 8.67. The van der Waals surface area contributed by atoms with Gasteiger partial charge in [-0.1, -0.05) is 36.7 Å². The molecule has 0 spiro atoms. The van der Waals surface area contributed by atoms with Crippen LogP contribution >= 0.6 is 11.6 Å². The lowest BCUT2D eigenvalue weighted by molar-refractivity contribution is 0.215. The Morgan fingerprint density at radius 1 is 1.56 bits per heavy atom. The molecule has 1 atom stereocenters. The van der Waals surface area contributed by atoms with E-state index in [0.717, 1.165) is 0 Å². The third kappa shape index (κ3) is 4.73. The molecule has 0 aliphatic carbocycles. The highest BCUT2D eigenvalue weighted by Crippen LogP contribution is 2.11. The van der Waals surface area contributed by atoms with Crippen molar-refractivity contribution >= 4 is 23.8 Å². The van der Waals surface area contributed by atoms with Crippen LogP contribution in [0, 0.1) is 0 Å². The van der Waals surface area contributed by atoms with Crippen LogP contribution in [0.4, 0.5) is 4.79 Å². The van der Waals surface area contributed by atoms with Crippen LogP contribution in [0.15, 0.2) is 29.4 Å². The molecule has 0 fully saturated rings. The van der Waals surface area contributed by atoms with Crippen molar-refractivity contribution in [2.24, 2.45) is 5.10 Å². The summed E-state index contributed by atoms with van der Waals surface area (Å²) in [6, 6.07) is 6.44. The number of benzene rings is 1. The highest BCUT2D eigenvalue weighted by atomic mass is 35.5. The lowest BCUT2D eigenvalue weighted by atomic mass is 10.2. The van der Waals surface area contributed by atoms with Gasteiger partial charge in [-0.25, -0.2) is 10.2 Å². The van der Waals surface area contributed by atoms with Crippen molar-refractivity contribution in [2.45, 2.75) is 19.4 Å². The number of urea groups is 1. The second-order valence-electron chi connectivity index (χ2n) is 3.65. The van der Waals surface area contributed by atoms with Crippen molar-refractivity contribution in [1.29, 1.82) is 0 Å². The van der Waals surface area contributed by atoms with Gasteiger partial charge in [0.2, 0.25) is 0 Å². The predicted octanol–water partition coefficient (Wildman–Crippen LogP) is 1.74. The van der Waals surface area contributed by atoms with Crippen LogP contribution in [0.1, 0.15) is 18.9 Å². The van der Waals surface area contributed by atoms with Gasteiger partial charge in [0, 0.05) is 10.6 Å². The standard InChI is InChI=1S/C12H16ClN3O2/c1-2-10(8-17)15-12(18)16-14-7-9-5-3-4-6-11(9)13/h3-7,10,17H,2,8H2,1H3,(H2,15,16,18)/b14-7+. The molecule has 1 rings (SSSR count). The van der Waals surface area contributed by atoms with Crippen molar-refractivity contribution in [2.75, 3.05) is 6.61 Å². The zero-order chi connectivity index (χ0) is 13.4. The van der Waals surface area contributed by atoms with Crippen LogP contribution in [-0.4, -0.2) is 30.0 Å². The Bertz CT molecular complexity index is 420. The minimum Gasteiger partial charge on any atom is -0.394 e. The fourth-order valence-electron chi connectivity index (χ4n) is 1.23. The summed E-state index contributed by atoms with van der Waals surface area (Å²) < 4.78 is 0. The smallest absolute Gasteiger partial charge is 0.335 e. The van der Waals surface area contributed by atoms with Gasteiger partial charge in [-0.05, 0) is 12.5 Å². The van der Waals surface area contributed by atoms with Gasteiger partial charge in [0.05, 0.1) is 18.9 Å². The Balaban J connectivity index is 2.45. The van der Waals surface area contributed by atoms with E-state index in [1.54, 1.807) is 12.1 Å². The molecule has 0 saturated heterocycles. The van der Waals surface area contributed by atoms with Gasteiger partial charge in [-0.3, -0.25) is 0 Å². The number of rotatable bonds is 5. The zero-order valence-corrected chi connectivity index (χ0v) is 10.8. The Morgan fingerprint density at radius 2 is 2.28 bits per heavy atom. The van der Waals surface area contributed by atoms with Crippen LogP contribution < -0.4 is 10.7 Å². The maximum atomic E-state index is 11.4. The SMILES string of the molecule is CCC(CO)NC(=O)N/N=C/c1ccccc1Cl. The lowest BCUT2D eigenvalue weighted by Crippen LogP contribution is -2.41. The van der Waals surface area contributed by atoms with Crippen LogP contribution in [0.2, 0.25) is 5.02 Å². The van der Waals surface area contributed by atoms with Crippen LogP contribution in [0.3, 0.4) is 0 Å². The van der Waals surface area contributed by atoms with Crippen molar-refractivity contribution in [1.82, 2.24) is 10.7 Å². The molecular weight excluding hydrogens is 254 g/mol. The normalized spacial score (nSPS) is 12.4. The molecule has 3 N–H and O–H groups in total. The van der Waals surface area contributed by atoms with Crippen LogP contribution in [-0.2, 0) is 0 Å². The zero-order valence-electron chi connectivity index (χ0n) is 10.1. The Morgan fingerprint density at radius 3 is 2.89 bits per heavy atom. The quantitative estimate of drug-likeness (QED) is 0.563. The van der Waals surface area contributed by atoms with Gasteiger partial charge < -0.3 is 10.4 Å². The maximum absolute atomic E-state index is 11.4. The number of carbonyl (C=O) groups excluding carboxylic acids is 1. The number of nitrogens with zero attached hydrogens (tertiary/aromatic N) is 1.